The van der Waals surface area contributed by atoms with Crippen LogP contribution in [-0.2, 0) is 6.42 Å². The van der Waals surface area contributed by atoms with Crippen LogP contribution in [0.5, 0.6) is 0 Å². The van der Waals surface area contributed by atoms with Gasteiger partial charge in [0.15, 0.2) is 0 Å². The Labute approximate surface area is 152 Å². The standard InChI is InChI=1S/C14H22.C10H18/c1-5-13(11(2)3)10-14-9-7-6-8-12(14)4;1-5-7-10(8-6-2)9(3)4/h6-9,11,13H,5,10H2,1-4H3;5,7H,6,8H2,1-4H3/b;7-5-. The minimum absolute atomic E-state index is 0.791. The van der Waals surface area contributed by atoms with Crippen LogP contribution in [0.25, 0.3) is 0 Å². The largest absolute Gasteiger partial charge is 0.0874 e. The maximum atomic E-state index is 2.33. The van der Waals surface area contributed by atoms with Crippen molar-refractivity contribution in [2.45, 2.75) is 81.1 Å². The molecule has 0 amide bonds. The lowest BCUT2D eigenvalue weighted by Crippen LogP contribution is -2.11. The molecule has 0 fully saturated rings. The second-order valence-electron chi connectivity index (χ2n) is 7.32. The van der Waals surface area contributed by atoms with Crippen LogP contribution >= 0.6 is 0 Å². The third-order valence-electron chi connectivity index (χ3n) is 4.74. The summed E-state index contributed by atoms with van der Waals surface area (Å²) in [7, 11) is 0. The molecule has 1 rings (SSSR count). The lowest BCUT2D eigenvalue weighted by molar-refractivity contribution is 0.370. The van der Waals surface area contributed by atoms with E-state index in [1.54, 1.807) is 0 Å². The van der Waals surface area contributed by atoms with E-state index in [9.17, 15) is 0 Å². The fraction of sp³-hybridized carbons (Fsp3) is 0.583. The quantitative estimate of drug-likeness (QED) is 0.446. The molecule has 0 radical (unpaired) electrons. The number of aryl methyl sites for hydroxylation is 1. The minimum Gasteiger partial charge on any atom is -0.0874 e. The van der Waals surface area contributed by atoms with Crippen molar-refractivity contribution in [3.63, 3.8) is 0 Å². The van der Waals surface area contributed by atoms with Gasteiger partial charge in [-0.25, -0.2) is 0 Å². The number of hydrogen-bond acceptors (Lipinski definition) is 0. The van der Waals surface area contributed by atoms with Crippen LogP contribution in [0.3, 0.4) is 0 Å². The average molecular weight is 329 g/mol. The lowest BCUT2D eigenvalue weighted by Gasteiger charge is -2.19. The Hall–Kier alpha value is -1.30. The molecule has 24 heavy (non-hydrogen) atoms. The molecule has 0 heteroatoms. The van der Waals surface area contributed by atoms with E-state index in [0.717, 1.165) is 11.8 Å². The summed E-state index contributed by atoms with van der Waals surface area (Å²) < 4.78 is 0. The van der Waals surface area contributed by atoms with Gasteiger partial charge in [0.1, 0.15) is 0 Å². The summed E-state index contributed by atoms with van der Waals surface area (Å²) in [5, 5.41) is 0. The molecule has 1 atom stereocenters. The molecule has 0 saturated heterocycles. The van der Waals surface area contributed by atoms with Crippen molar-refractivity contribution in [2.75, 3.05) is 0 Å². The Morgan fingerprint density at radius 2 is 1.71 bits per heavy atom. The summed E-state index contributed by atoms with van der Waals surface area (Å²) >= 11 is 0. The first-order valence-corrected chi connectivity index (χ1v) is 9.70. The van der Waals surface area contributed by atoms with Crippen LogP contribution in [0, 0.1) is 18.8 Å². The first-order chi connectivity index (χ1) is 11.4. The second-order valence-corrected chi connectivity index (χ2v) is 7.32. The van der Waals surface area contributed by atoms with Crippen molar-refractivity contribution in [3.8, 4) is 0 Å². The van der Waals surface area contributed by atoms with Crippen molar-refractivity contribution >= 4 is 0 Å². The highest BCUT2D eigenvalue weighted by Crippen LogP contribution is 2.22. The minimum atomic E-state index is 0.791. The van der Waals surface area contributed by atoms with Gasteiger partial charge < -0.3 is 0 Å². The second kappa shape index (κ2) is 13.0. The maximum Gasteiger partial charge on any atom is -0.0245 e. The molecule has 0 aliphatic carbocycles. The van der Waals surface area contributed by atoms with E-state index in [0.29, 0.717) is 0 Å². The highest BCUT2D eigenvalue weighted by atomic mass is 14.2. The first-order valence-electron chi connectivity index (χ1n) is 9.70. The van der Waals surface area contributed by atoms with Gasteiger partial charge >= 0.3 is 0 Å². The van der Waals surface area contributed by atoms with Crippen LogP contribution in [0.15, 0.2) is 47.6 Å². The molecule has 1 aromatic carbocycles. The number of rotatable bonds is 7. The smallest absolute Gasteiger partial charge is 0.0245 e. The lowest BCUT2D eigenvalue weighted by atomic mass is 9.86. The monoisotopic (exact) mass is 328 g/mol. The van der Waals surface area contributed by atoms with Gasteiger partial charge in [-0.05, 0) is 69.1 Å². The van der Waals surface area contributed by atoms with Crippen LogP contribution < -0.4 is 0 Å². The van der Waals surface area contributed by atoms with Gasteiger partial charge in [-0.1, -0.05) is 82.5 Å². The van der Waals surface area contributed by atoms with Gasteiger partial charge in [-0.2, -0.15) is 0 Å². The number of hydrogen-bond donors (Lipinski definition) is 0. The van der Waals surface area contributed by atoms with Crippen molar-refractivity contribution < 1.29 is 0 Å². The third-order valence-corrected chi connectivity index (χ3v) is 4.74. The van der Waals surface area contributed by atoms with Crippen LogP contribution in [0.1, 0.15) is 78.9 Å². The molecular weight excluding hydrogens is 288 g/mol. The Morgan fingerprint density at radius 1 is 1.08 bits per heavy atom. The van der Waals surface area contributed by atoms with Crippen molar-refractivity contribution in [2.24, 2.45) is 11.8 Å². The molecule has 0 spiro atoms. The SMILES string of the molecule is C/C=C\C(CCC)=C(C)C.CCC(Cc1ccccc1C)C(C)C. The molecule has 0 heterocycles. The van der Waals surface area contributed by atoms with E-state index < -0.39 is 0 Å². The number of allylic oxidation sites excluding steroid dienone is 4. The first kappa shape index (κ1) is 22.7. The fourth-order valence-electron chi connectivity index (χ4n) is 2.94. The molecule has 0 aromatic heterocycles. The molecule has 136 valence electrons. The van der Waals surface area contributed by atoms with Gasteiger partial charge in [0.2, 0.25) is 0 Å². The zero-order valence-electron chi connectivity index (χ0n) is 17.4. The molecule has 0 saturated carbocycles. The highest BCUT2D eigenvalue weighted by molar-refractivity contribution is 5.26. The summed E-state index contributed by atoms with van der Waals surface area (Å²) in [4.78, 5) is 0. The average Bonchev–Trinajstić information content (AvgIpc) is 2.54. The molecule has 0 nitrogen and oxygen atoms in total. The van der Waals surface area contributed by atoms with E-state index in [1.807, 2.05) is 0 Å². The zero-order valence-corrected chi connectivity index (χ0v) is 17.4. The van der Waals surface area contributed by atoms with E-state index in [-0.39, 0.29) is 0 Å². The summed E-state index contributed by atoms with van der Waals surface area (Å²) in [6, 6.07) is 8.74. The Balaban J connectivity index is 0.000000470. The fourth-order valence-corrected chi connectivity index (χ4v) is 2.94. The molecule has 0 N–H and O–H groups in total. The molecule has 1 aromatic rings. The maximum absolute atomic E-state index is 2.33. The molecule has 0 bridgehead atoms. The van der Waals surface area contributed by atoms with Gasteiger partial charge in [0.05, 0.1) is 0 Å². The normalized spacial score (nSPS) is 12.0. The van der Waals surface area contributed by atoms with Gasteiger partial charge in [0.25, 0.3) is 0 Å². The Bertz CT molecular complexity index is 499. The summed E-state index contributed by atoms with van der Waals surface area (Å²) in [5.74, 6) is 1.62. The van der Waals surface area contributed by atoms with Crippen LogP contribution in [-0.4, -0.2) is 0 Å². The van der Waals surface area contributed by atoms with Crippen LogP contribution in [0.2, 0.25) is 0 Å². The highest BCUT2D eigenvalue weighted by Gasteiger charge is 2.12. The van der Waals surface area contributed by atoms with Crippen molar-refractivity contribution in [1.29, 1.82) is 0 Å². The van der Waals surface area contributed by atoms with Gasteiger partial charge in [0, 0.05) is 0 Å². The molecular formula is C24H40. The predicted octanol–water partition coefficient (Wildman–Crippen LogP) is 7.92. The van der Waals surface area contributed by atoms with E-state index in [2.05, 4.69) is 91.8 Å². The predicted molar refractivity (Wildman–Crippen MR) is 112 cm³/mol. The molecule has 0 aliphatic heterocycles. The van der Waals surface area contributed by atoms with E-state index in [4.69, 9.17) is 0 Å². The zero-order chi connectivity index (χ0) is 18.5. The Morgan fingerprint density at radius 3 is 2.12 bits per heavy atom. The van der Waals surface area contributed by atoms with Crippen LogP contribution in [0.4, 0.5) is 0 Å². The van der Waals surface area contributed by atoms with E-state index >= 15 is 0 Å². The van der Waals surface area contributed by atoms with Gasteiger partial charge in [-0.15, -0.1) is 0 Å². The van der Waals surface area contributed by atoms with Crippen molar-refractivity contribution in [3.05, 3.63) is 58.7 Å². The van der Waals surface area contributed by atoms with Crippen molar-refractivity contribution in [1.82, 2.24) is 0 Å². The molecule has 0 aliphatic rings. The van der Waals surface area contributed by atoms with E-state index in [1.165, 1.54) is 48.0 Å². The number of benzene rings is 1. The summed E-state index contributed by atoms with van der Waals surface area (Å²) in [5.41, 5.74) is 5.89. The van der Waals surface area contributed by atoms with Gasteiger partial charge in [-0.3, -0.25) is 0 Å². The summed E-state index contributed by atoms with van der Waals surface area (Å²) in [6.07, 6.45) is 9.29. The molecule has 1 unspecified atom stereocenters. The summed E-state index contributed by atoms with van der Waals surface area (Å²) in [6.45, 7) is 17.8. The topological polar surface area (TPSA) is 0 Å². The Kier molecular flexibility index (Phi) is 12.3. The third kappa shape index (κ3) is 9.11.